The zero-order valence-electron chi connectivity index (χ0n) is 14.7. The molecule has 0 aliphatic carbocycles. The SMILES string of the molecule is Cc1ccc2c(c1)CCN(C(=O)N[C@@H](c1nc(C)no1)C(C)C)C2. The number of benzene rings is 1. The van der Waals surface area contributed by atoms with Crippen LogP contribution in [-0.2, 0) is 13.0 Å². The fourth-order valence-electron chi connectivity index (χ4n) is 3.03. The number of fused-ring (bicyclic) bond motifs is 1. The number of nitrogens with one attached hydrogen (secondary N) is 1. The summed E-state index contributed by atoms with van der Waals surface area (Å²) in [6, 6.07) is 6.06. The summed E-state index contributed by atoms with van der Waals surface area (Å²) in [5.41, 5.74) is 3.82. The Morgan fingerprint density at radius 2 is 2.08 bits per heavy atom. The quantitative estimate of drug-likeness (QED) is 0.939. The third-order valence-electron chi connectivity index (χ3n) is 4.42. The van der Waals surface area contributed by atoms with Gasteiger partial charge in [0.25, 0.3) is 0 Å². The minimum absolute atomic E-state index is 0.0872. The highest BCUT2D eigenvalue weighted by Gasteiger charge is 2.27. The molecule has 3 rings (SSSR count). The molecule has 128 valence electrons. The molecule has 6 heteroatoms. The fourth-order valence-corrected chi connectivity index (χ4v) is 3.03. The average Bonchev–Trinajstić information content (AvgIpc) is 2.97. The Labute approximate surface area is 142 Å². The molecule has 2 heterocycles. The van der Waals surface area contributed by atoms with Crippen LogP contribution in [0.5, 0.6) is 0 Å². The van der Waals surface area contributed by atoms with Crippen molar-refractivity contribution in [3.63, 3.8) is 0 Å². The van der Waals surface area contributed by atoms with Gasteiger partial charge in [-0.1, -0.05) is 42.8 Å². The lowest BCUT2D eigenvalue weighted by molar-refractivity contribution is 0.179. The van der Waals surface area contributed by atoms with Crippen LogP contribution in [0.1, 0.15) is 48.3 Å². The summed E-state index contributed by atoms with van der Waals surface area (Å²) in [6.45, 7) is 9.28. The van der Waals surface area contributed by atoms with E-state index in [4.69, 9.17) is 4.52 Å². The van der Waals surface area contributed by atoms with Crippen LogP contribution < -0.4 is 5.32 Å². The minimum Gasteiger partial charge on any atom is -0.337 e. The maximum absolute atomic E-state index is 12.7. The second-order valence-electron chi connectivity index (χ2n) is 6.79. The first-order valence-corrected chi connectivity index (χ1v) is 8.38. The second-order valence-corrected chi connectivity index (χ2v) is 6.79. The van der Waals surface area contributed by atoms with Crippen molar-refractivity contribution in [2.45, 2.75) is 46.7 Å². The third-order valence-corrected chi connectivity index (χ3v) is 4.42. The molecule has 0 radical (unpaired) electrons. The zero-order chi connectivity index (χ0) is 17.3. The summed E-state index contributed by atoms with van der Waals surface area (Å²) in [7, 11) is 0. The smallest absolute Gasteiger partial charge is 0.318 e. The molecule has 1 atom stereocenters. The van der Waals surface area contributed by atoms with Crippen molar-refractivity contribution < 1.29 is 9.32 Å². The van der Waals surface area contributed by atoms with Gasteiger partial charge in [-0.15, -0.1) is 0 Å². The van der Waals surface area contributed by atoms with Crippen LogP contribution in [0.25, 0.3) is 0 Å². The molecule has 6 nitrogen and oxygen atoms in total. The maximum Gasteiger partial charge on any atom is 0.318 e. The van der Waals surface area contributed by atoms with Crippen molar-refractivity contribution in [3.8, 4) is 0 Å². The van der Waals surface area contributed by atoms with Gasteiger partial charge in [-0.05, 0) is 37.3 Å². The Morgan fingerprint density at radius 3 is 2.75 bits per heavy atom. The fraction of sp³-hybridized carbons (Fsp3) is 0.500. The number of nitrogens with zero attached hydrogens (tertiary/aromatic N) is 3. The van der Waals surface area contributed by atoms with Gasteiger partial charge >= 0.3 is 6.03 Å². The van der Waals surface area contributed by atoms with Crippen molar-refractivity contribution in [1.82, 2.24) is 20.4 Å². The first-order valence-electron chi connectivity index (χ1n) is 8.38. The van der Waals surface area contributed by atoms with Gasteiger partial charge in [0, 0.05) is 13.1 Å². The number of urea groups is 1. The zero-order valence-corrected chi connectivity index (χ0v) is 14.7. The number of amides is 2. The maximum atomic E-state index is 12.7. The van der Waals surface area contributed by atoms with E-state index >= 15 is 0 Å². The van der Waals surface area contributed by atoms with Crippen molar-refractivity contribution >= 4 is 6.03 Å². The minimum atomic E-state index is -0.280. The molecule has 2 aromatic rings. The number of hydrogen-bond acceptors (Lipinski definition) is 4. The number of carbonyl (C=O) groups excluding carboxylic acids is 1. The standard InChI is InChI=1S/C18H24N4O2/c1-11(2)16(17-19-13(4)21-24-17)20-18(23)22-8-7-14-9-12(3)5-6-15(14)10-22/h5-6,9,11,16H,7-8,10H2,1-4H3,(H,20,23)/t16-/m1/s1. The third kappa shape index (κ3) is 3.42. The molecule has 24 heavy (non-hydrogen) atoms. The Morgan fingerprint density at radius 1 is 1.29 bits per heavy atom. The van der Waals surface area contributed by atoms with Gasteiger partial charge in [0.2, 0.25) is 5.89 Å². The molecule has 1 N–H and O–H groups in total. The van der Waals surface area contributed by atoms with Crippen LogP contribution in [0.3, 0.4) is 0 Å². The Hall–Kier alpha value is -2.37. The van der Waals surface area contributed by atoms with Crippen LogP contribution in [0, 0.1) is 19.8 Å². The van der Waals surface area contributed by atoms with E-state index in [1.165, 1.54) is 16.7 Å². The van der Waals surface area contributed by atoms with Gasteiger partial charge in [0.1, 0.15) is 6.04 Å². The highest BCUT2D eigenvalue weighted by atomic mass is 16.5. The Balaban J connectivity index is 1.71. The molecular weight excluding hydrogens is 304 g/mol. The van der Waals surface area contributed by atoms with Gasteiger partial charge in [-0.3, -0.25) is 0 Å². The van der Waals surface area contributed by atoms with E-state index in [0.29, 0.717) is 18.3 Å². The summed E-state index contributed by atoms with van der Waals surface area (Å²) in [5.74, 6) is 1.20. The molecule has 0 fully saturated rings. The predicted octanol–water partition coefficient (Wildman–Crippen LogP) is 3.15. The van der Waals surface area contributed by atoms with E-state index in [1.807, 2.05) is 18.7 Å². The first-order chi connectivity index (χ1) is 11.4. The van der Waals surface area contributed by atoms with Crippen molar-refractivity contribution in [2.24, 2.45) is 5.92 Å². The molecule has 1 aliphatic rings. The molecule has 0 saturated heterocycles. The van der Waals surface area contributed by atoms with Crippen molar-refractivity contribution in [1.29, 1.82) is 0 Å². The predicted molar refractivity (Wildman–Crippen MR) is 90.4 cm³/mol. The number of aryl methyl sites for hydroxylation is 2. The molecule has 1 aromatic heterocycles. The van der Waals surface area contributed by atoms with E-state index in [1.54, 1.807) is 6.92 Å². The van der Waals surface area contributed by atoms with Gasteiger partial charge in [0.05, 0.1) is 0 Å². The normalized spacial score (nSPS) is 15.3. The summed E-state index contributed by atoms with van der Waals surface area (Å²) >= 11 is 0. The number of rotatable bonds is 3. The molecule has 0 saturated carbocycles. The number of carbonyl (C=O) groups is 1. The molecular formula is C18H24N4O2. The summed E-state index contributed by atoms with van der Waals surface area (Å²) in [6.07, 6.45) is 0.885. The summed E-state index contributed by atoms with van der Waals surface area (Å²) < 4.78 is 5.25. The molecule has 0 unspecified atom stereocenters. The number of hydrogen-bond donors (Lipinski definition) is 1. The highest BCUT2D eigenvalue weighted by molar-refractivity contribution is 5.75. The average molecular weight is 328 g/mol. The lowest BCUT2D eigenvalue weighted by Crippen LogP contribution is -2.45. The monoisotopic (exact) mass is 328 g/mol. The van der Waals surface area contributed by atoms with Crippen LogP contribution in [0.15, 0.2) is 22.7 Å². The molecule has 1 aromatic carbocycles. The Kier molecular flexibility index (Phi) is 4.55. The summed E-state index contributed by atoms with van der Waals surface area (Å²) in [5, 5.41) is 6.88. The van der Waals surface area contributed by atoms with Crippen LogP contribution in [-0.4, -0.2) is 27.6 Å². The second kappa shape index (κ2) is 6.63. The van der Waals surface area contributed by atoms with Gasteiger partial charge in [-0.2, -0.15) is 4.98 Å². The lowest BCUT2D eigenvalue weighted by atomic mass is 9.98. The Bertz CT molecular complexity index is 738. The molecule has 1 aliphatic heterocycles. The summed E-state index contributed by atoms with van der Waals surface area (Å²) in [4.78, 5) is 18.8. The van der Waals surface area contributed by atoms with E-state index in [2.05, 4.69) is 40.6 Å². The number of aromatic nitrogens is 2. The van der Waals surface area contributed by atoms with E-state index in [0.717, 1.165) is 13.0 Å². The molecule has 0 spiro atoms. The van der Waals surface area contributed by atoms with Crippen LogP contribution >= 0.6 is 0 Å². The van der Waals surface area contributed by atoms with E-state index in [-0.39, 0.29) is 18.0 Å². The molecule has 0 bridgehead atoms. The molecule has 2 amide bonds. The van der Waals surface area contributed by atoms with Crippen molar-refractivity contribution in [2.75, 3.05) is 6.54 Å². The van der Waals surface area contributed by atoms with Crippen molar-refractivity contribution in [3.05, 3.63) is 46.6 Å². The van der Waals surface area contributed by atoms with E-state index in [9.17, 15) is 4.79 Å². The largest absolute Gasteiger partial charge is 0.337 e. The first kappa shape index (κ1) is 16.5. The highest BCUT2D eigenvalue weighted by Crippen LogP contribution is 2.23. The van der Waals surface area contributed by atoms with Crippen LogP contribution in [0.2, 0.25) is 0 Å². The lowest BCUT2D eigenvalue weighted by Gasteiger charge is -2.31. The van der Waals surface area contributed by atoms with Gasteiger partial charge in [-0.25, -0.2) is 4.79 Å². The van der Waals surface area contributed by atoms with Crippen LogP contribution in [0.4, 0.5) is 4.79 Å². The van der Waals surface area contributed by atoms with Gasteiger partial charge in [0.15, 0.2) is 5.82 Å². The van der Waals surface area contributed by atoms with Gasteiger partial charge < -0.3 is 14.7 Å². The van der Waals surface area contributed by atoms with E-state index < -0.39 is 0 Å². The topological polar surface area (TPSA) is 71.3 Å².